The van der Waals surface area contributed by atoms with Crippen molar-refractivity contribution in [1.29, 1.82) is 0 Å². The van der Waals surface area contributed by atoms with E-state index in [1.165, 1.54) is 25.7 Å². The number of carbonyl (C=O) groups is 1. The Bertz CT molecular complexity index is 957. The second-order valence-electron chi connectivity index (χ2n) is 10.1. The maximum absolute atomic E-state index is 11.2. The van der Waals surface area contributed by atoms with E-state index in [0.29, 0.717) is 18.9 Å². The number of carbonyl (C=O) groups excluding carboxylic acids is 1. The van der Waals surface area contributed by atoms with Crippen LogP contribution in [0.1, 0.15) is 46.0 Å². The van der Waals surface area contributed by atoms with Crippen LogP contribution in [0.25, 0.3) is 11.0 Å². The lowest BCUT2D eigenvalue weighted by Crippen LogP contribution is -2.58. The second-order valence-corrected chi connectivity index (χ2v) is 10.1. The second kappa shape index (κ2) is 9.95. The van der Waals surface area contributed by atoms with E-state index >= 15 is 0 Å². The maximum atomic E-state index is 11.2. The molecule has 4 rings (SSSR count). The number of piperidine rings is 1. The van der Waals surface area contributed by atoms with Gasteiger partial charge in [0.2, 0.25) is 5.91 Å². The number of β-amino-alcohol motifs (C(OH)–C–C–N with tert-alkyl or cyclic N) is 1. The molecule has 2 aliphatic rings. The number of aromatic nitrogens is 3. The largest absolute Gasteiger partial charge is 0.389 e. The van der Waals surface area contributed by atoms with Gasteiger partial charge in [-0.05, 0) is 44.1 Å². The summed E-state index contributed by atoms with van der Waals surface area (Å²) in [6.07, 6.45) is 8.01. The minimum absolute atomic E-state index is 0.0862. The molecule has 2 aromatic heterocycles. The predicted molar refractivity (Wildman–Crippen MR) is 128 cm³/mol. The summed E-state index contributed by atoms with van der Waals surface area (Å²) in [6.45, 7) is 7.41. The molecule has 0 unspecified atom stereocenters. The lowest BCUT2D eigenvalue weighted by atomic mass is 9.83. The molecule has 33 heavy (non-hydrogen) atoms. The smallest absolute Gasteiger partial charge is 0.231 e. The molecule has 182 valence electrons. The molecule has 1 saturated heterocycles. The van der Waals surface area contributed by atoms with Gasteiger partial charge in [0.25, 0.3) is 0 Å². The van der Waals surface area contributed by atoms with Gasteiger partial charge in [0, 0.05) is 32.4 Å². The SMILES string of the molecule is CCN(CC1CCC(C)CC1)c1ncnc2c1ccn2C[C@]1(O)CCN(CC(N)=O)C[C@H]1O. The summed E-state index contributed by atoms with van der Waals surface area (Å²) in [5, 5.41) is 22.8. The molecule has 2 atom stereocenters. The zero-order valence-electron chi connectivity index (χ0n) is 19.9. The van der Waals surface area contributed by atoms with Crippen molar-refractivity contribution >= 4 is 22.8 Å². The fourth-order valence-electron chi connectivity index (χ4n) is 5.43. The highest BCUT2D eigenvalue weighted by molar-refractivity contribution is 5.87. The highest BCUT2D eigenvalue weighted by atomic mass is 16.3. The van der Waals surface area contributed by atoms with E-state index in [2.05, 4.69) is 28.7 Å². The first-order valence-corrected chi connectivity index (χ1v) is 12.2. The molecular formula is C24H38N6O3. The maximum Gasteiger partial charge on any atom is 0.231 e. The zero-order valence-corrected chi connectivity index (χ0v) is 19.9. The average molecular weight is 459 g/mol. The van der Waals surface area contributed by atoms with Crippen molar-refractivity contribution < 1.29 is 15.0 Å². The first-order valence-electron chi connectivity index (χ1n) is 12.2. The monoisotopic (exact) mass is 458 g/mol. The molecule has 1 aliphatic heterocycles. The lowest BCUT2D eigenvalue weighted by Gasteiger charge is -2.42. The number of hydrogen-bond donors (Lipinski definition) is 3. The number of anilines is 1. The number of rotatable bonds is 8. The van der Waals surface area contributed by atoms with Crippen molar-refractivity contribution in [1.82, 2.24) is 19.4 Å². The molecule has 0 spiro atoms. The van der Waals surface area contributed by atoms with E-state index in [9.17, 15) is 15.0 Å². The van der Waals surface area contributed by atoms with Crippen LogP contribution in [-0.2, 0) is 11.3 Å². The summed E-state index contributed by atoms with van der Waals surface area (Å²) in [5.74, 6) is 2.02. The van der Waals surface area contributed by atoms with Gasteiger partial charge < -0.3 is 25.4 Å². The Morgan fingerprint density at radius 2 is 2.06 bits per heavy atom. The number of aliphatic hydroxyl groups is 2. The molecular weight excluding hydrogens is 420 g/mol. The lowest BCUT2D eigenvalue weighted by molar-refractivity contribution is -0.135. The molecule has 4 N–H and O–H groups in total. The highest BCUT2D eigenvalue weighted by Gasteiger charge is 2.41. The van der Waals surface area contributed by atoms with E-state index in [0.717, 1.165) is 35.9 Å². The molecule has 2 aromatic rings. The third-order valence-corrected chi connectivity index (χ3v) is 7.57. The van der Waals surface area contributed by atoms with Crippen LogP contribution < -0.4 is 10.6 Å². The predicted octanol–water partition coefficient (Wildman–Crippen LogP) is 1.37. The molecule has 1 saturated carbocycles. The molecule has 3 heterocycles. The third-order valence-electron chi connectivity index (χ3n) is 7.57. The van der Waals surface area contributed by atoms with Crippen LogP contribution in [0.4, 0.5) is 5.82 Å². The summed E-state index contributed by atoms with van der Waals surface area (Å²) in [5.41, 5.74) is 4.74. The Kier molecular flexibility index (Phi) is 7.21. The number of nitrogens with two attached hydrogens (primary N) is 1. The van der Waals surface area contributed by atoms with Crippen LogP contribution in [0.2, 0.25) is 0 Å². The Labute approximate surface area is 195 Å². The summed E-state index contributed by atoms with van der Waals surface area (Å²) in [7, 11) is 0. The molecule has 9 heteroatoms. The first-order chi connectivity index (χ1) is 15.8. The standard InChI is InChI=1S/C24H38N6O3/c1-3-29(12-18-6-4-17(2)5-7-18)22-19-8-10-30(23(19)27-16-26-22)15-24(33)9-11-28(13-20(24)31)14-21(25)32/h8,10,16-18,20,31,33H,3-7,9,11-15H2,1-2H3,(H2,25,32)/t17?,18?,20-,24-/m1/s1. The Morgan fingerprint density at radius 1 is 1.30 bits per heavy atom. The van der Waals surface area contributed by atoms with Gasteiger partial charge in [-0.25, -0.2) is 9.97 Å². The van der Waals surface area contributed by atoms with Gasteiger partial charge in [-0.15, -0.1) is 0 Å². The number of nitrogens with zero attached hydrogens (tertiary/aromatic N) is 5. The van der Waals surface area contributed by atoms with Gasteiger partial charge in [0.15, 0.2) is 0 Å². The normalized spacial score (nSPS) is 28.8. The molecule has 0 radical (unpaired) electrons. The van der Waals surface area contributed by atoms with E-state index in [-0.39, 0.29) is 19.6 Å². The van der Waals surface area contributed by atoms with Gasteiger partial charge >= 0.3 is 0 Å². The molecule has 9 nitrogen and oxygen atoms in total. The highest BCUT2D eigenvalue weighted by Crippen LogP contribution is 2.32. The minimum atomic E-state index is -1.30. The summed E-state index contributed by atoms with van der Waals surface area (Å²) in [6, 6.07) is 2.01. The van der Waals surface area contributed by atoms with E-state index in [1.54, 1.807) is 11.2 Å². The van der Waals surface area contributed by atoms with Gasteiger partial charge in [0.05, 0.1) is 24.6 Å². The van der Waals surface area contributed by atoms with Gasteiger partial charge in [-0.3, -0.25) is 9.69 Å². The van der Waals surface area contributed by atoms with Crippen LogP contribution in [0.15, 0.2) is 18.6 Å². The van der Waals surface area contributed by atoms with E-state index in [1.807, 2.05) is 16.8 Å². The number of aliphatic hydroxyl groups excluding tert-OH is 1. The fourth-order valence-corrected chi connectivity index (χ4v) is 5.43. The van der Waals surface area contributed by atoms with Crippen LogP contribution in [0.5, 0.6) is 0 Å². The van der Waals surface area contributed by atoms with E-state index < -0.39 is 17.6 Å². The van der Waals surface area contributed by atoms with Crippen molar-refractivity contribution in [3.05, 3.63) is 18.6 Å². The van der Waals surface area contributed by atoms with Crippen LogP contribution in [-0.4, -0.2) is 80.0 Å². The number of fused-ring (bicyclic) bond motifs is 1. The third kappa shape index (κ3) is 5.31. The number of primary amides is 1. The van der Waals surface area contributed by atoms with Gasteiger partial charge in [0.1, 0.15) is 23.4 Å². The summed E-state index contributed by atoms with van der Waals surface area (Å²) >= 11 is 0. The van der Waals surface area contributed by atoms with Crippen molar-refractivity contribution in [3.8, 4) is 0 Å². The molecule has 1 amide bonds. The van der Waals surface area contributed by atoms with Crippen molar-refractivity contribution in [2.45, 2.75) is 64.2 Å². The van der Waals surface area contributed by atoms with E-state index in [4.69, 9.17) is 5.73 Å². The summed E-state index contributed by atoms with van der Waals surface area (Å²) in [4.78, 5) is 24.5. The molecule has 0 aromatic carbocycles. The fraction of sp³-hybridized carbons (Fsp3) is 0.708. The van der Waals surface area contributed by atoms with Crippen LogP contribution >= 0.6 is 0 Å². The number of amides is 1. The van der Waals surface area contributed by atoms with Crippen molar-refractivity contribution in [3.63, 3.8) is 0 Å². The van der Waals surface area contributed by atoms with Crippen molar-refractivity contribution in [2.75, 3.05) is 37.6 Å². The van der Waals surface area contributed by atoms with Gasteiger partial charge in [-0.1, -0.05) is 19.8 Å². The van der Waals surface area contributed by atoms with Crippen molar-refractivity contribution in [2.24, 2.45) is 17.6 Å². The molecule has 0 bridgehead atoms. The molecule has 1 aliphatic carbocycles. The first kappa shape index (κ1) is 23.9. The topological polar surface area (TPSA) is 121 Å². The van der Waals surface area contributed by atoms with Gasteiger partial charge in [-0.2, -0.15) is 0 Å². The van der Waals surface area contributed by atoms with Crippen LogP contribution in [0, 0.1) is 11.8 Å². The molecule has 2 fully saturated rings. The minimum Gasteiger partial charge on any atom is -0.389 e. The Hall–Kier alpha value is -2.23. The Balaban J connectivity index is 1.50. The summed E-state index contributed by atoms with van der Waals surface area (Å²) < 4.78 is 1.91. The number of likely N-dealkylation sites (tertiary alicyclic amines) is 1. The van der Waals surface area contributed by atoms with Crippen LogP contribution in [0.3, 0.4) is 0 Å². The Morgan fingerprint density at radius 3 is 2.73 bits per heavy atom. The quantitative estimate of drug-likeness (QED) is 0.546. The zero-order chi connectivity index (χ0) is 23.6. The number of hydrogen-bond acceptors (Lipinski definition) is 7. The average Bonchev–Trinajstić information content (AvgIpc) is 3.18.